The molecule has 19 heavy (non-hydrogen) atoms. The second-order valence-corrected chi connectivity index (χ2v) is 6.67. The van der Waals surface area contributed by atoms with E-state index in [4.69, 9.17) is 50.9 Å². The van der Waals surface area contributed by atoms with Gasteiger partial charge in [-0.25, -0.2) is 0 Å². The molecule has 0 aliphatic heterocycles. The minimum absolute atomic E-state index is 0.142. The van der Waals surface area contributed by atoms with Gasteiger partial charge in [-0.15, -0.1) is 0 Å². The Morgan fingerprint density at radius 2 is 1.42 bits per heavy atom. The Kier molecular flexibility index (Phi) is 3.67. The van der Waals surface area contributed by atoms with Gasteiger partial charge >= 0.3 is 0 Å². The van der Waals surface area contributed by atoms with Crippen molar-refractivity contribution in [3.05, 3.63) is 18.7 Å². The van der Waals surface area contributed by atoms with E-state index in [2.05, 4.69) is 18.9 Å². The highest BCUT2D eigenvalue weighted by Gasteiger charge is 2.22. The van der Waals surface area contributed by atoms with Gasteiger partial charge < -0.3 is 4.52 Å². The molecule has 0 spiro atoms. The van der Waals surface area contributed by atoms with Crippen molar-refractivity contribution in [1.82, 2.24) is 18.9 Å². The SMILES string of the molecule is Clc1snc(-c2noc(-c3nsc(Cl)c3Cl)n2)c1Cl. The Morgan fingerprint density at radius 3 is 1.95 bits per heavy atom. The number of aromatic nitrogens is 4. The molecular formula is C8Cl4N4OS2. The van der Waals surface area contributed by atoms with Crippen molar-refractivity contribution in [2.24, 2.45) is 0 Å². The molecular weight excluding hydrogens is 374 g/mol. The normalized spacial score (nSPS) is 11.2. The van der Waals surface area contributed by atoms with Crippen LogP contribution in [0.3, 0.4) is 0 Å². The molecule has 0 saturated carbocycles. The summed E-state index contributed by atoms with van der Waals surface area (Å²) >= 11 is 25.6. The van der Waals surface area contributed by atoms with E-state index in [-0.39, 0.29) is 21.8 Å². The minimum atomic E-state index is 0.142. The maximum absolute atomic E-state index is 5.97. The van der Waals surface area contributed by atoms with Crippen LogP contribution in [0.1, 0.15) is 0 Å². The Bertz CT molecular complexity index is 691. The van der Waals surface area contributed by atoms with E-state index in [1.165, 1.54) is 0 Å². The summed E-state index contributed by atoms with van der Waals surface area (Å²) in [6.45, 7) is 0. The number of halogens is 4. The summed E-state index contributed by atoms with van der Waals surface area (Å²) < 4.78 is 13.8. The highest BCUT2D eigenvalue weighted by molar-refractivity contribution is 7.12. The van der Waals surface area contributed by atoms with Crippen molar-refractivity contribution in [2.75, 3.05) is 0 Å². The second-order valence-electron chi connectivity index (χ2n) is 3.16. The maximum Gasteiger partial charge on any atom is 0.279 e. The van der Waals surface area contributed by atoms with Gasteiger partial charge in [0.1, 0.15) is 24.4 Å². The monoisotopic (exact) mass is 372 g/mol. The first-order valence-electron chi connectivity index (χ1n) is 4.53. The molecule has 0 N–H and O–H groups in total. The molecule has 3 heterocycles. The number of hydrogen-bond acceptors (Lipinski definition) is 7. The van der Waals surface area contributed by atoms with E-state index in [0.717, 1.165) is 23.1 Å². The molecule has 0 radical (unpaired) electrons. The predicted octanol–water partition coefficient (Wildman–Crippen LogP) is 4.93. The molecule has 0 aliphatic carbocycles. The molecule has 0 aliphatic rings. The lowest BCUT2D eigenvalue weighted by Gasteiger charge is -1.87. The van der Waals surface area contributed by atoms with Gasteiger partial charge in [-0.3, -0.25) is 0 Å². The summed E-state index contributed by atoms with van der Waals surface area (Å²) in [4.78, 5) is 4.12. The summed E-state index contributed by atoms with van der Waals surface area (Å²) in [5.74, 6) is 0.353. The summed E-state index contributed by atoms with van der Waals surface area (Å²) in [7, 11) is 0. The van der Waals surface area contributed by atoms with E-state index in [0.29, 0.717) is 20.1 Å². The molecule has 0 aromatic carbocycles. The van der Waals surface area contributed by atoms with Crippen molar-refractivity contribution in [1.29, 1.82) is 0 Å². The largest absolute Gasteiger partial charge is 0.332 e. The molecule has 0 bridgehead atoms. The molecule has 3 aromatic rings. The van der Waals surface area contributed by atoms with Gasteiger partial charge in [-0.1, -0.05) is 51.6 Å². The lowest BCUT2D eigenvalue weighted by Crippen LogP contribution is -1.82. The molecule has 0 unspecified atom stereocenters. The standard InChI is InChI=1S/C8Cl4N4OS2/c9-1-3(15-18-5(1)11)7-13-8(17-14-7)4-2(10)6(12)19-16-4. The van der Waals surface area contributed by atoms with Crippen molar-refractivity contribution < 1.29 is 4.52 Å². The highest BCUT2D eigenvalue weighted by atomic mass is 35.5. The minimum Gasteiger partial charge on any atom is -0.332 e. The molecule has 11 heteroatoms. The van der Waals surface area contributed by atoms with Gasteiger partial charge in [-0.05, 0) is 23.1 Å². The number of hydrogen-bond donors (Lipinski definition) is 0. The van der Waals surface area contributed by atoms with Crippen LogP contribution in [0.5, 0.6) is 0 Å². The van der Waals surface area contributed by atoms with Crippen molar-refractivity contribution in [2.45, 2.75) is 0 Å². The average molecular weight is 374 g/mol. The third-order valence-corrected chi connectivity index (χ3v) is 5.26. The average Bonchev–Trinajstić information content (AvgIpc) is 3.05. The van der Waals surface area contributed by atoms with E-state index in [1.807, 2.05) is 0 Å². The smallest absolute Gasteiger partial charge is 0.279 e. The molecule has 0 fully saturated rings. The van der Waals surface area contributed by atoms with Gasteiger partial charge in [0.25, 0.3) is 5.89 Å². The van der Waals surface area contributed by atoms with Crippen LogP contribution < -0.4 is 0 Å². The van der Waals surface area contributed by atoms with Crippen LogP contribution in [0.15, 0.2) is 4.52 Å². The fourth-order valence-electron chi connectivity index (χ4n) is 1.21. The van der Waals surface area contributed by atoms with Gasteiger partial charge in [0, 0.05) is 0 Å². The maximum atomic E-state index is 5.97. The van der Waals surface area contributed by atoms with Crippen LogP contribution in [0.2, 0.25) is 18.7 Å². The fourth-order valence-corrected chi connectivity index (χ4v) is 3.19. The van der Waals surface area contributed by atoms with E-state index >= 15 is 0 Å². The summed E-state index contributed by atoms with van der Waals surface area (Å²) in [5, 5.41) is 4.31. The zero-order valence-electron chi connectivity index (χ0n) is 8.53. The Morgan fingerprint density at radius 1 is 0.842 bits per heavy atom. The van der Waals surface area contributed by atoms with Crippen LogP contribution in [-0.4, -0.2) is 18.9 Å². The molecule has 98 valence electrons. The predicted molar refractivity (Wildman–Crippen MR) is 76.6 cm³/mol. The summed E-state index contributed by atoms with van der Waals surface area (Å²) in [5.41, 5.74) is 0.678. The van der Waals surface area contributed by atoms with E-state index in [1.54, 1.807) is 0 Å². The van der Waals surface area contributed by atoms with Gasteiger partial charge in [-0.2, -0.15) is 13.7 Å². The molecule has 0 amide bonds. The van der Waals surface area contributed by atoms with Crippen molar-refractivity contribution in [3.63, 3.8) is 0 Å². The molecule has 3 aromatic heterocycles. The van der Waals surface area contributed by atoms with E-state index in [9.17, 15) is 0 Å². The summed E-state index contributed by atoms with van der Waals surface area (Å²) in [6.07, 6.45) is 0. The zero-order valence-corrected chi connectivity index (χ0v) is 13.2. The summed E-state index contributed by atoms with van der Waals surface area (Å²) in [6, 6.07) is 0. The van der Waals surface area contributed by atoms with Crippen LogP contribution in [0, 0.1) is 0 Å². The fraction of sp³-hybridized carbons (Fsp3) is 0. The topological polar surface area (TPSA) is 64.7 Å². The van der Waals surface area contributed by atoms with Gasteiger partial charge in [0.2, 0.25) is 5.82 Å². The first kappa shape index (κ1) is 13.5. The van der Waals surface area contributed by atoms with Crippen LogP contribution in [0.4, 0.5) is 0 Å². The molecule has 3 rings (SSSR count). The van der Waals surface area contributed by atoms with Crippen LogP contribution in [0.25, 0.3) is 23.1 Å². The first-order valence-corrected chi connectivity index (χ1v) is 7.59. The lowest BCUT2D eigenvalue weighted by molar-refractivity contribution is 0.431. The Hall–Kier alpha value is -0.440. The van der Waals surface area contributed by atoms with Gasteiger partial charge in [0.15, 0.2) is 5.69 Å². The molecule has 0 atom stereocenters. The third kappa shape index (κ3) is 2.35. The van der Waals surface area contributed by atoms with Crippen LogP contribution >= 0.6 is 69.5 Å². The molecule has 0 saturated heterocycles. The van der Waals surface area contributed by atoms with Crippen molar-refractivity contribution >= 4 is 69.5 Å². The lowest BCUT2D eigenvalue weighted by atomic mass is 10.4. The first-order chi connectivity index (χ1) is 9.08. The van der Waals surface area contributed by atoms with Crippen molar-refractivity contribution in [3.8, 4) is 23.1 Å². The Labute approximate surface area is 134 Å². The van der Waals surface area contributed by atoms with Crippen LogP contribution in [-0.2, 0) is 0 Å². The highest BCUT2D eigenvalue weighted by Crippen LogP contribution is 2.38. The third-order valence-electron chi connectivity index (χ3n) is 2.04. The van der Waals surface area contributed by atoms with Gasteiger partial charge in [0.05, 0.1) is 0 Å². The molecule has 5 nitrogen and oxygen atoms in total. The Balaban J connectivity index is 2.05. The quantitative estimate of drug-likeness (QED) is 0.637. The second kappa shape index (κ2) is 5.16. The number of nitrogens with zero attached hydrogens (tertiary/aromatic N) is 4. The zero-order chi connectivity index (χ0) is 13.6. The van der Waals surface area contributed by atoms with E-state index < -0.39 is 0 Å². The number of rotatable bonds is 2.